The molecule has 390 valence electrons. The second-order valence-electron chi connectivity index (χ2n) is 18.2. The van der Waals surface area contributed by atoms with Crippen LogP contribution in [0.2, 0.25) is 0 Å². The van der Waals surface area contributed by atoms with Crippen molar-refractivity contribution in [2.24, 2.45) is 23.3 Å². The van der Waals surface area contributed by atoms with E-state index in [1.165, 1.54) is 0 Å². The minimum Gasteiger partial charge on any atom is -0.462 e. The molecule has 69 heavy (non-hydrogen) atoms. The molecular formula is C49H77N3O17. The van der Waals surface area contributed by atoms with Gasteiger partial charge in [0, 0.05) is 51.0 Å². The summed E-state index contributed by atoms with van der Waals surface area (Å²) in [6.45, 7) is 3.19. The van der Waals surface area contributed by atoms with Gasteiger partial charge in [-0.25, -0.2) is 0 Å². The van der Waals surface area contributed by atoms with Crippen molar-refractivity contribution < 1.29 is 84.4 Å². The van der Waals surface area contributed by atoms with E-state index in [-0.39, 0.29) is 64.0 Å². The summed E-state index contributed by atoms with van der Waals surface area (Å²) in [4.78, 5) is 37.5. The molecule has 3 aliphatic rings. The van der Waals surface area contributed by atoms with Gasteiger partial charge in [0.2, 0.25) is 11.8 Å². The van der Waals surface area contributed by atoms with E-state index < -0.39 is 141 Å². The number of aliphatic hydroxyl groups excluding tert-OH is 9. The van der Waals surface area contributed by atoms with Gasteiger partial charge in [-0.3, -0.25) is 14.4 Å². The number of fused-ring (bicyclic) bond motifs is 2. The molecule has 3 aliphatic heterocycles. The fraction of sp³-hybridized carbons (Fsp3) is 0.653. The Bertz CT molecular complexity index is 1770. The number of primary amides is 1. The molecule has 7 unspecified atom stereocenters. The molecule has 0 aromatic carbocycles. The molecule has 0 spiro atoms. The van der Waals surface area contributed by atoms with E-state index in [2.05, 4.69) is 5.32 Å². The average molecular weight is 980 g/mol. The van der Waals surface area contributed by atoms with Crippen LogP contribution < -0.4 is 16.8 Å². The summed E-state index contributed by atoms with van der Waals surface area (Å²) < 4.78 is 23.2. The van der Waals surface area contributed by atoms with E-state index in [0.717, 1.165) is 0 Å². The number of esters is 1. The number of nitrogens with one attached hydrogen (secondary N) is 1. The first-order valence-corrected chi connectivity index (χ1v) is 23.7. The molecule has 0 aromatic rings. The zero-order valence-electron chi connectivity index (χ0n) is 39.5. The monoisotopic (exact) mass is 980 g/mol. The number of carbonyl (C=O) groups is 3. The maximum atomic E-state index is 13.7. The van der Waals surface area contributed by atoms with Crippen molar-refractivity contribution in [3.63, 3.8) is 0 Å². The van der Waals surface area contributed by atoms with E-state index in [1.54, 1.807) is 73.8 Å². The lowest BCUT2D eigenvalue weighted by Gasteiger charge is -2.45. The summed E-state index contributed by atoms with van der Waals surface area (Å²) in [6, 6.07) is -1.13. The van der Waals surface area contributed by atoms with E-state index in [9.17, 15) is 65.4 Å². The Morgan fingerprint density at radius 1 is 0.725 bits per heavy atom. The predicted molar refractivity (Wildman–Crippen MR) is 252 cm³/mol. The Morgan fingerprint density at radius 3 is 1.96 bits per heavy atom. The van der Waals surface area contributed by atoms with Crippen molar-refractivity contribution in [2.45, 2.75) is 176 Å². The van der Waals surface area contributed by atoms with Crippen LogP contribution in [0.5, 0.6) is 0 Å². The molecule has 2 bridgehead atoms. The minimum atomic E-state index is -2.31. The van der Waals surface area contributed by atoms with E-state index >= 15 is 0 Å². The summed E-state index contributed by atoms with van der Waals surface area (Å²) in [5.74, 6) is -5.93. The molecule has 20 heteroatoms. The maximum absolute atomic E-state index is 13.7. The van der Waals surface area contributed by atoms with Crippen LogP contribution >= 0.6 is 0 Å². The Balaban J connectivity index is 1.90. The van der Waals surface area contributed by atoms with E-state index in [1.807, 2.05) is 25.2 Å². The molecule has 0 aliphatic carbocycles. The highest BCUT2D eigenvalue weighted by Crippen LogP contribution is 2.38. The highest BCUT2D eigenvalue weighted by atomic mass is 16.7. The average Bonchev–Trinajstić information content (AvgIpc) is 3.25. The summed E-state index contributed by atoms with van der Waals surface area (Å²) in [7, 11) is 0. The number of aliphatic hydroxyl groups is 10. The molecule has 2 amide bonds. The Morgan fingerprint density at radius 2 is 1.33 bits per heavy atom. The fourth-order valence-corrected chi connectivity index (χ4v) is 8.10. The molecule has 0 aromatic heterocycles. The van der Waals surface area contributed by atoms with Crippen molar-refractivity contribution >= 4 is 17.8 Å². The third-order valence-electron chi connectivity index (χ3n) is 12.0. The molecule has 17 atom stereocenters. The fourth-order valence-electron chi connectivity index (χ4n) is 8.10. The van der Waals surface area contributed by atoms with E-state index in [0.29, 0.717) is 0 Å². The number of amides is 2. The first kappa shape index (κ1) is 59.3. The van der Waals surface area contributed by atoms with Crippen LogP contribution in [0.4, 0.5) is 0 Å². The van der Waals surface area contributed by atoms with Crippen LogP contribution in [-0.2, 0) is 33.3 Å². The molecular weight excluding hydrogens is 903 g/mol. The first-order valence-electron chi connectivity index (χ1n) is 23.7. The zero-order valence-corrected chi connectivity index (χ0v) is 39.5. The molecule has 20 nitrogen and oxygen atoms in total. The summed E-state index contributed by atoms with van der Waals surface area (Å²) in [5, 5.41) is 111. The number of hydrogen-bond acceptors (Lipinski definition) is 18. The number of cyclic esters (lactones) is 1. The van der Waals surface area contributed by atoms with Crippen LogP contribution in [-0.4, -0.2) is 173 Å². The molecule has 2 saturated heterocycles. The molecule has 2 fully saturated rings. The van der Waals surface area contributed by atoms with Gasteiger partial charge in [0.05, 0.1) is 86.0 Å². The third-order valence-corrected chi connectivity index (χ3v) is 12.0. The lowest BCUT2D eigenvalue weighted by atomic mass is 9.82. The van der Waals surface area contributed by atoms with Crippen LogP contribution in [0.1, 0.15) is 84.5 Å². The summed E-state index contributed by atoms with van der Waals surface area (Å²) in [5.41, 5.74) is 11.2. The summed E-state index contributed by atoms with van der Waals surface area (Å²) in [6.07, 6.45) is 5.23. The van der Waals surface area contributed by atoms with Gasteiger partial charge in [0.25, 0.3) is 0 Å². The largest absolute Gasteiger partial charge is 0.462 e. The van der Waals surface area contributed by atoms with Crippen molar-refractivity contribution in [3.05, 3.63) is 85.1 Å². The predicted octanol–water partition coefficient (Wildman–Crippen LogP) is -0.626. The highest BCUT2D eigenvalue weighted by molar-refractivity contribution is 5.80. The lowest BCUT2D eigenvalue weighted by Crippen LogP contribution is -2.59. The topological polar surface area (TPSA) is 354 Å². The number of nitrogens with two attached hydrogens (primary N) is 2. The second-order valence-corrected chi connectivity index (χ2v) is 18.2. The van der Waals surface area contributed by atoms with Gasteiger partial charge in [-0.2, -0.15) is 0 Å². The number of carbonyl (C=O) groups excluding carboxylic acids is 3. The normalized spacial score (nSPS) is 41.3. The van der Waals surface area contributed by atoms with Crippen LogP contribution in [0.25, 0.3) is 0 Å². The van der Waals surface area contributed by atoms with E-state index in [4.69, 9.17) is 30.4 Å². The second kappa shape index (κ2) is 30.7. The molecule has 0 saturated carbocycles. The minimum absolute atomic E-state index is 0.0128. The van der Waals surface area contributed by atoms with Gasteiger partial charge in [-0.1, -0.05) is 92.0 Å². The Hall–Kier alpha value is -3.97. The lowest BCUT2D eigenvalue weighted by molar-refractivity contribution is -0.304. The third kappa shape index (κ3) is 22.3. The van der Waals surface area contributed by atoms with Gasteiger partial charge in [-0.15, -0.1) is 0 Å². The van der Waals surface area contributed by atoms with Crippen molar-refractivity contribution in [1.82, 2.24) is 5.32 Å². The van der Waals surface area contributed by atoms with Crippen LogP contribution in [0.15, 0.2) is 85.1 Å². The smallest absolute Gasteiger partial charge is 0.308 e. The number of rotatable bonds is 7. The van der Waals surface area contributed by atoms with Gasteiger partial charge in [0.1, 0.15) is 12.2 Å². The molecule has 0 radical (unpaired) electrons. The molecule has 3 heterocycles. The summed E-state index contributed by atoms with van der Waals surface area (Å²) >= 11 is 0. The zero-order chi connectivity index (χ0) is 51.1. The first-order chi connectivity index (χ1) is 32.7. The molecule has 3 rings (SSSR count). The Labute approximate surface area is 404 Å². The maximum Gasteiger partial charge on any atom is 0.308 e. The van der Waals surface area contributed by atoms with Gasteiger partial charge in [-0.05, 0) is 32.6 Å². The van der Waals surface area contributed by atoms with Gasteiger partial charge < -0.3 is 86.8 Å². The Kier molecular flexibility index (Phi) is 26.4. The number of ether oxygens (including phenoxy) is 4. The van der Waals surface area contributed by atoms with Gasteiger partial charge in [0.15, 0.2) is 12.1 Å². The van der Waals surface area contributed by atoms with Crippen molar-refractivity contribution in [2.75, 3.05) is 13.2 Å². The van der Waals surface area contributed by atoms with Crippen LogP contribution in [0, 0.1) is 11.8 Å². The number of hydrogen-bond donors (Lipinski definition) is 13. The van der Waals surface area contributed by atoms with Crippen molar-refractivity contribution in [1.29, 1.82) is 0 Å². The molecule has 15 N–H and O–H groups in total. The SMILES string of the molecule is C[C@H]1C[C@H](O)[C@@H](C)/C=C/C=C/C=C/C=C/C=C/C=C/C=C/C(O[C@@H]2OC[C@@H](O)[C@H](N)[C@@H]2O)C[C@@H]2OC(O)(CC(O)CC(O)C(O)CCC(O)CC(O)CC(=O)O1)C[C@H](O)[C@H]2C(=O)NCCCC(N)=O. The van der Waals surface area contributed by atoms with Crippen molar-refractivity contribution in [3.8, 4) is 0 Å². The highest BCUT2D eigenvalue weighted by Gasteiger charge is 2.50. The van der Waals surface area contributed by atoms with Crippen LogP contribution in [0.3, 0.4) is 0 Å². The standard InChI is InChI=1S/C49H77N3O17/c1-30-16-13-11-9-7-5-3-4-6-8-10-12-14-17-35(68-48-46(63)45(51)40(60)29-66-48)26-41-44(47(64)52-21-15-18-42(50)61)39(59)28-49(65,69-41)27-34(55)24-38(58)36(56)20-19-32(53)23-33(54)25-43(62)67-31(2)22-37(30)57/h3-14,16-17,30-41,44-46,48,53-60,63,65H,15,18-29,51H2,1-2H3,(H2,50,61)(H,52,64)/b4-3+,7-5+,8-6+,11-9+,12-10+,16-13+,17-14+/t30-,31-,32?,33?,34?,35?,36?,37-,38?,39-,40+,41-,44+,45-,46-,48-,49?/m0/s1. The number of allylic oxidation sites excluding steroid dienone is 12. The quantitative estimate of drug-likeness (QED) is 0.112. The van der Waals surface area contributed by atoms with Gasteiger partial charge >= 0.3 is 5.97 Å².